The van der Waals surface area contributed by atoms with Crippen molar-refractivity contribution >= 4 is 35.4 Å². The van der Waals surface area contributed by atoms with E-state index in [0.29, 0.717) is 38.3 Å². The second-order valence-corrected chi connectivity index (χ2v) is 5.72. The molecule has 0 N–H and O–H groups in total. The predicted molar refractivity (Wildman–Crippen MR) is 92.3 cm³/mol. The summed E-state index contributed by atoms with van der Waals surface area (Å²) < 4.78 is 4.93. The standard InChI is InChI=1S/C16H18ClN3O5/c1-2-25-16(22)19-9-7-18(8-10-19)15(21)6-4-12-3-5-13(17)14(11-12)20(23)24/h3-6,11H,2,7-10H2,1H3. The van der Waals surface area contributed by atoms with Gasteiger partial charge in [0.25, 0.3) is 5.69 Å². The highest BCUT2D eigenvalue weighted by Gasteiger charge is 2.23. The molecule has 0 unspecified atom stereocenters. The molecule has 9 heteroatoms. The molecule has 0 aliphatic carbocycles. The van der Waals surface area contributed by atoms with E-state index in [1.807, 2.05) is 0 Å². The maximum Gasteiger partial charge on any atom is 0.409 e. The summed E-state index contributed by atoms with van der Waals surface area (Å²) in [7, 11) is 0. The maximum atomic E-state index is 12.2. The zero-order valence-electron chi connectivity index (χ0n) is 13.7. The molecule has 134 valence electrons. The van der Waals surface area contributed by atoms with E-state index in [4.69, 9.17) is 16.3 Å². The number of amides is 2. The summed E-state index contributed by atoms with van der Waals surface area (Å²) in [6, 6.07) is 4.32. The summed E-state index contributed by atoms with van der Waals surface area (Å²) in [6.45, 7) is 3.68. The van der Waals surface area contributed by atoms with E-state index in [9.17, 15) is 19.7 Å². The Bertz CT molecular complexity index is 699. The van der Waals surface area contributed by atoms with E-state index in [1.54, 1.807) is 22.8 Å². The molecule has 0 aromatic heterocycles. The van der Waals surface area contributed by atoms with Crippen LogP contribution in [0.3, 0.4) is 0 Å². The number of hydrogen-bond acceptors (Lipinski definition) is 5. The molecule has 2 amide bonds. The van der Waals surface area contributed by atoms with Crippen molar-refractivity contribution in [3.05, 3.63) is 45.0 Å². The Balaban J connectivity index is 1.94. The molecule has 2 rings (SSSR count). The van der Waals surface area contributed by atoms with Gasteiger partial charge in [0.2, 0.25) is 5.91 Å². The smallest absolute Gasteiger partial charge is 0.409 e. The second-order valence-electron chi connectivity index (χ2n) is 5.31. The molecule has 0 atom stereocenters. The molecule has 0 radical (unpaired) electrons. The monoisotopic (exact) mass is 367 g/mol. The first-order chi connectivity index (χ1) is 11.9. The molecule has 1 aliphatic rings. The lowest BCUT2D eigenvalue weighted by Crippen LogP contribution is -2.50. The number of benzene rings is 1. The highest BCUT2D eigenvalue weighted by atomic mass is 35.5. The van der Waals surface area contributed by atoms with Gasteiger partial charge in [-0.2, -0.15) is 0 Å². The van der Waals surface area contributed by atoms with Gasteiger partial charge in [-0.05, 0) is 24.6 Å². The topological polar surface area (TPSA) is 93.0 Å². The number of carbonyl (C=O) groups is 2. The van der Waals surface area contributed by atoms with Crippen LogP contribution in [-0.2, 0) is 9.53 Å². The van der Waals surface area contributed by atoms with Crippen LogP contribution in [0.2, 0.25) is 5.02 Å². The molecular formula is C16H18ClN3O5. The van der Waals surface area contributed by atoms with Crippen molar-refractivity contribution in [2.75, 3.05) is 32.8 Å². The number of nitro benzene ring substituents is 1. The fourth-order valence-corrected chi connectivity index (χ4v) is 2.56. The number of ether oxygens (including phenoxy) is 1. The molecule has 0 spiro atoms. The summed E-state index contributed by atoms with van der Waals surface area (Å²) in [6.07, 6.45) is 2.48. The van der Waals surface area contributed by atoms with Crippen LogP contribution in [0.1, 0.15) is 12.5 Å². The van der Waals surface area contributed by atoms with Gasteiger partial charge in [-0.3, -0.25) is 14.9 Å². The zero-order chi connectivity index (χ0) is 18.4. The number of rotatable bonds is 4. The van der Waals surface area contributed by atoms with Crippen molar-refractivity contribution < 1.29 is 19.2 Å². The van der Waals surface area contributed by atoms with Crippen LogP contribution in [0.4, 0.5) is 10.5 Å². The highest BCUT2D eigenvalue weighted by molar-refractivity contribution is 6.32. The zero-order valence-corrected chi connectivity index (χ0v) is 14.4. The Hall–Kier alpha value is -2.61. The molecule has 1 fully saturated rings. The van der Waals surface area contributed by atoms with Gasteiger partial charge in [-0.15, -0.1) is 0 Å². The van der Waals surface area contributed by atoms with Gasteiger partial charge in [-0.1, -0.05) is 17.7 Å². The molecule has 8 nitrogen and oxygen atoms in total. The van der Waals surface area contributed by atoms with Crippen molar-refractivity contribution in [2.45, 2.75) is 6.92 Å². The summed E-state index contributed by atoms with van der Waals surface area (Å²) in [5, 5.41) is 10.9. The Morgan fingerprint density at radius 2 is 1.92 bits per heavy atom. The normalized spacial score (nSPS) is 14.6. The fraction of sp³-hybridized carbons (Fsp3) is 0.375. The molecule has 1 aromatic carbocycles. The quantitative estimate of drug-likeness (QED) is 0.463. The first-order valence-electron chi connectivity index (χ1n) is 7.75. The summed E-state index contributed by atoms with van der Waals surface area (Å²) >= 11 is 5.75. The Morgan fingerprint density at radius 1 is 1.28 bits per heavy atom. The van der Waals surface area contributed by atoms with Crippen LogP contribution in [0, 0.1) is 10.1 Å². The van der Waals surface area contributed by atoms with Gasteiger partial charge in [-0.25, -0.2) is 4.79 Å². The van der Waals surface area contributed by atoms with Crippen LogP contribution in [-0.4, -0.2) is 59.5 Å². The SMILES string of the molecule is CCOC(=O)N1CCN(C(=O)C=Cc2ccc(Cl)c([N+](=O)[O-])c2)CC1. The van der Waals surface area contributed by atoms with E-state index >= 15 is 0 Å². The summed E-state index contributed by atoms with van der Waals surface area (Å²) in [5.74, 6) is -0.221. The average molecular weight is 368 g/mol. The van der Waals surface area contributed by atoms with Crippen LogP contribution >= 0.6 is 11.6 Å². The summed E-state index contributed by atoms with van der Waals surface area (Å²) in [4.78, 5) is 37.3. The summed E-state index contributed by atoms with van der Waals surface area (Å²) in [5.41, 5.74) is 0.300. The number of nitrogens with zero attached hydrogens (tertiary/aromatic N) is 3. The Kier molecular flexibility index (Phi) is 6.35. The third-order valence-electron chi connectivity index (χ3n) is 3.70. The second kappa shape index (κ2) is 8.48. The molecule has 1 heterocycles. The van der Waals surface area contributed by atoms with Crippen molar-refractivity contribution in [1.29, 1.82) is 0 Å². The largest absolute Gasteiger partial charge is 0.450 e. The number of piperazine rings is 1. The van der Waals surface area contributed by atoms with Gasteiger partial charge in [0, 0.05) is 38.3 Å². The van der Waals surface area contributed by atoms with Gasteiger partial charge in [0.15, 0.2) is 0 Å². The molecule has 1 aromatic rings. The van der Waals surface area contributed by atoms with E-state index in [0.717, 1.165) is 0 Å². The van der Waals surface area contributed by atoms with Crippen molar-refractivity contribution in [1.82, 2.24) is 9.80 Å². The predicted octanol–water partition coefficient (Wildman–Crippen LogP) is 2.56. The van der Waals surface area contributed by atoms with E-state index in [-0.39, 0.29) is 22.7 Å². The van der Waals surface area contributed by atoms with Gasteiger partial charge in [0.1, 0.15) is 5.02 Å². The molecule has 25 heavy (non-hydrogen) atoms. The molecule has 0 bridgehead atoms. The number of nitro groups is 1. The number of halogens is 1. The third-order valence-corrected chi connectivity index (χ3v) is 4.02. The Labute approximate surface area is 149 Å². The lowest BCUT2D eigenvalue weighted by molar-refractivity contribution is -0.384. The lowest BCUT2D eigenvalue weighted by atomic mass is 10.2. The van der Waals surface area contributed by atoms with E-state index < -0.39 is 4.92 Å². The van der Waals surface area contributed by atoms with Crippen molar-refractivity contribution in [2.24, 2.45) is 0 Å². The van der Waals surface area contributed by atoms with Gasteiger partial charge in [0.05, 0.1) is 11.5 Å². The maximum absolute atomic E-state index is 12.2. The minimum Gasteiger partial charge on any atom is -0.450 e. The molecule has 1 saturated heterocycles. The van der Waals surface area contributed by atoms with E-state index in [1.165, 1.54) is 24.3 Å². The number of carbonyl (C=O) groups excluding carboxylic acids is 2. The number of hydrogen-bond donors (Lipinski definition) is 0. The Morgan fingerprint density at radius 3 is 2.52 bits per heavy atom. The van der Waals surface area contributed by atoms with Crippen LogP contribution in [0.15, 0.2) is 24.3 Å². The lowest BCUT2D eigenvalue weighted by Gasteiger charge is -2.33. The highest BCUT2D eigenvalue weighted by Crippen LogP contribution is 2.25. The van der Waals surface area contributed by atoms with Gasteiger partial charge < -0.3 is 14.5 Å². The third kappa shape index (κ3) is 4.93. The van der Waals surface area contributed by atoms with E-state index in [2.05, 4.69) is 0 Å². The fourth-order valence-electron chi connectivity index (χ4n) is 2.37. The molecule has 0 saturated carbocycles. The van der Waals surface area contributed by atoms with Crippen LogP contribution in [0.25, 0.3) is 6.08 Å². The average Bonchev–Trinajstić information content (AvgIpc) is 2.60. The van der Waals surface area contributed by atoms with Crippen LogP contribution < -0.4 is 0 Å². The first-order valence-corrected chi connectivity index (χ1v) is 8.12. The molecule has 1 aliphatic heterocycles. The first kappa shape index (κ1) is 18.7. The minimum absolute atomic E-state index is 0.0450. The molecular weight excluding hydrogens is 350 g/mol. The van der Waals surface area contributed by atoms with Crippen LogP contribution in [0.5, 0.6) is 0 Å². The van der Waals surface area contributed by atoms with Crippen molar-refractivity contribution in [3.63, 3.8) is 0 Å². The minimum atomic E-state index is -0.573. The van der Waals surface area contributed by atoms with Crippen molar-refractivity contribution in [3.8, 4) is 0 Å². The van der Waals surface area contributed by atoms with Gasteiger partial charge >= 0.3 is 6.09 Å².